The van der Waals surface area contributed by atoms with E-state index in [4.69, 9.17) is 0 Å². The highest BCUT2D eigenvalue weighted by Gasteiger charge is 2.11. The Morgan fingerprint density at radius 2 is 2.05 bits per heavy atom. The molecule has 0 aliphatic carbocycles. The molecule has 0 saturated carbocycles. The average Bonchev–Trinajstić information content (AvgIpc) is 2.37. The van der Waals surface area contributed by atoms with Gasteiger partial charge in [-0.25, -0.2) is 4.98 Å². The normalized spacial score (nSPS) is 10.2. The number of aromatic nitrogens is 2. The van der Waals surface area contributed by atoms with Gasteiger partial charge >= 0.3 is 0 Å². The highest BCUT2D eigenvalue weighted by Crippen LogP contribution is 2.18. The van der Waals surface area contributed by atoms with Gasteiger partial charge in [-0.15, -0.1) is 0 Å². The second kappa shape index (κ2) is 5.43. The number of nitrogens with zero attached hydrogens (tertiary/aromatic N) is 3. The van der Waals surface area contributed by atoms with E-state index in [1.54, 1.807) is 19.2 Å². The largest absolute Gasteiger partial charge is 0.366 e. The van der Waals surface area contributed by atoms with Crippen LogP contribution in [0, 0.1) is 24.0 Å². The molecule has 0 spiro atoms. The first-order chi connectivity index (χ1) is 9.06. The SMILES string of the molecule is Cc1ccc(CNc2ccc([N+](=O)[O-])c(C)n2)cn1. The van der Waals surface area contributed by atoms with Crippen molar-refractivity contribution < 1.29 is 4.92 Å². The maximum atomic E-state index is 10.7. The fourth-order valence-electron chi connectivity index (χ4n) is 1.64. The van der Waals surface area contributed by atoms with Crippen LogP contribution in [0.25, 0.3) is 0 Å². The van der Waals surface area contributed by atoms with Gasteiger partial charge in [0.05, 0.1) is 4.92 Å². The summed E-state index contributed by atoms with van der Waals surface area (Å²) in [6.45, 7) is 4.13. The molecule has 0 aliphatic heterocycles. The Kier molecular flexibility index (Phi) is 3.70. The maximum Gasteiger partial charge on any atom is 0.290 e. The van der Waals surface area contributed by atoms with E-state index in [0.29, 0.717) is 18.1 Å². The number of anilines is 1. The molecule has 6 heteroatoms. The lowest BCUT2D eigenvalue weighted by Gasteiger charge is -2.06. The molecule has 0 bridgehead atoms. The van der Waals surface area contributed by atoms with Crippen LogP contribution < -0.4 is 5.32 Å². The Labute approximate surface area is 110 Å². The maximum absolute atomic E-state index is 10.7. The number of nitro groups is 1. The molecule has 0 aliphatic rings. The third kappa shape index (κ3) is 3.25. The van der Waals surface area contributed by atoms with Crippen molar-refractivity contribution in [2.45, 2.75) is 20.4 Å². The van der Waals surface area contributed by atoms with Crippen molar-refractivity contribution in [3.05, 3.63) is 57.5 Å². The van der Waals surface area contributed by atoms with Gasteiger partial charge in [0.2, 0.25) is 0 Å². The van der Waals surface area contributed by atoms with E-state index in [9.17, 15) is 10.1 Å². The smallest absolute Gasteiger partial charge is 0.290 e. The first-order valence-corrected chi connectivity index (χ1v) is 5.83. The summed E-state index contributed by atoms with van der Waals surface area (Å²) in [5, 5.41) is 13.8. The minimum absolute atomic E-state index is 0.0301. The summed E-state index contributed by atoms with van der Waals surface area (Å²) in [4.78, 5) is 18.6. The van der Waals surface area contributed by atoms with Gasteiger partial charge in [0, 0.05) is 24.5 Å². The van der Waals surface area contributed by atoms with Crippen LogP contribution >= 0.6 is 0 Å². The van der Waals surface area contributed by atoms with E-state index in [-0.39, 0.29) is 5.69 Å². The molecule has 2 aromatic heterocycles. The molecule has 2 rings (SSSR count). The highest BCUT2D eigenvalue weighted by atomic mass is 16.6. The zero-order valence-corrected chi connectivity index (χ0v) is 10.8. The lowest BCUT2D eigenvalue weighted by Crippen LogP contribution is -2.03. The molecule has 0 amide bonds. The van der Waals surface area contributed by atoms with Gasteiger partial charge in [0.25, 0.3) is 5.69 Å². The number of hydrogen-bond acceptors (Lipinski definition) is 5. The molecular formula is C13H14N4O2. The van der Waals surface area contributed by atoms with Gasteiger partial charge in [0.1, 0.15) is 11.5 Å². The van der Waals surface area contributed by atoms with Gasteiger partial charge in [-0.05, 0) is 31.5 Å². The van der Waals surface area contributed by atoms with Gasteiger partial charge in [0.15, 0.2) is 0 Å². The summed E-state index contributed by atoms with van der Waals surface area (Å²) in [6.07, 6.45) is 1.79. The summed E-state index contributed by atoms with van der Waals surface area (Å²) >= 11 is 0. The molecular weight excluding hydrogens is 244 g/mol. The zero-order valence-electron chi connectivity index (χ0n) is 10.8. The Hall–Kier alpha value is -2.50. The molecule has 0 fully saturated rings. The molecule has 2 aromatic rings. The van der Waals surface area contributed by atoms with Crippen LogP contribution in [0.4, 0.5) is 11.5 Å². The first kappa shape index (κ1) is 12.9. The van der Waals surface area contributed by atoms with Crippen molar-refractivity contribution in [3.8, 4) is 0 Å². The van der Waals surface area contributed by atoms with Crippen molar-refractivity contribution in [2.75, 3.05) is 5.32 Å². The third-order valence-electron chi connectivity index (χ3n) is 2.70. The number of aryl methyl sites for hydroxylation is 2. The average molecular weight is 258 g/mol. The van der Waals surface area contributed by atoms with Gasteiger partial charge in [-0.3, -0.25) is 15.1 Å². The Morgan fingerprint density at radius 3 is 2.63 bits per heavy atom. The molecule has 6 nitrogen and oxygen atoms in total. The van der Waals surface area contributed by atoms with Crippen LogP contribution in [0.2, 0.25) is 0 Å². The van der Waals surface area contributed by atoms with Crippen LogP contribution in [-0.4, -0.2) is 14.9 Å². The predicted octanol–water partition coefficient (Wildman–Crippen LogP) is 2.61. The summed E-state index contributed by atoms with van der Waals surface area (Å²) in [7, 11) is 0. The van der Waals surface area contributed by atoms with Crippen molar-refractivity contribution >= 4 is 11.5 Å². The van der Waals surface area contributed by atoms with Crippen molar-refractivity contribution in [1.29, 1.82) is 0 Å². The molecule has 98 valence electrons. The fourth-order valence-corrected chi connectivity index (χ4v) is 1.64. The topological polar surface area (TPSA) is 81.0 Å². The second-order valence-corrected chi connectivity index (χ2v) is 4.22. The lowest BCUT2D eigenvalue weighted by atomic mass is 10.2. The second-order valence-electron chi connectivity index (χ2n) is 4.22. The van der Waals surface area contributed by atoms with Gasteiger partial charge < -0.3 is 5.32 Å². The summed E-state index contributed by atoms with van der Waals surface area (Å²) in [6, 6.07) is 6.98. The molecule has 0 unspecified atom stereocenters. The van der Waals surface area contributed by atoms with Gasteiger partial charge in [-0.1, -0.05) is 6.07 Å². The highest BCUT2D eigenvalue weighted by molar-refractivity contribution is 5.45. The number of nitrogens with one attached hydrogen (secondary N) is 1. The van der Waals surface area contributed by atoms with E-state index in [2.05, 4.69) is 15.3 Å². The quantitative estimate of drug-likeness (QED) is 0.673. The molecule has 0 saturated heterocycles. The molecule has 2 heterocycles. The predicted molar refractivity (Wildman–Crippen MR) is 71.9 cm³/mol. The summed E-state index contributed by atoms with van der Waals surface area (Å²) in [5.41, 5.74) is 2.43. The molecule has 0 radical (unpaired) electrons. The zero-order chi connectivity index (χ0) is 13.8. The standard InChI is InChI=1S/C13H14N4O2/c1-9-3-4-11(7-14-9)8-15-13-6-5-12(17(18)19)10(2)16-13/h3-7H,8H2,1-2H3,(H,15,16). The van der Waals surface area contributed by atoms with Crippen molar-refractivity contribution in [2.24, 2.45) is 0 Å². The van der Waals surface area contributed by atoms with E-state index in [1.807, 2.05) is 19.1 Å². The minimum atomic E-state index is -0.435. The van der Waals surface area contributed by atoms with Crippen LogP contribution in [0.15, 0.2) is 30.5 Å². The summed E-state index contributed by atoms with van der Waals surface area (Å²) in [5.74, 6) is 0.615. The van der Waals surface area contributed by atoms with Crippen LogP contribution in [0.3, 0.4) is 0 Å². The van der Waals surface area contributed by atoms with Crippen molar-refractivity contribution in [1.82, 2.24) is 9.97 Å². The molecule has 0 aromatic carbocycles. The number of pyridine rings is 2. The Balaban J connectivity index is 2.06. The van der Waals surface area contributed by atoms with E-state index < -0.39 is 4.92 Å². The third-order valence-corrected chi connectivity index (χ3v) is 2.70. The first-order valence-electron chi connectivity index (χ1n) is 5.83. The number of hydrogen-bond donors (Lipinski definition) is 1. The molecule has 0 atom stereocenters. The van der Waals surface area contributed by atoms with E-state index in [1.165, 1.54) is 6.07 Å². The van der Waals surface area contributed by atoms with Crippen LogP contribution in [-0.2, 0) is 6.54 Å². The van der Waals surface area contributed by atoms with Crippen molar-refractivity contribution in [3.63, 3.8) is 0 Å². The fraction of sp³-hybridized carbons (Fsp3) is 0.231. The van der Waals surface area contributed by atoms with Crippen LogP contribution in [0.1, 0.15) is 17.0 Å². The van der Waals surface area contributed by atoms with Gasteiger partial charge in [-0.2, -0.15) is 0 Å². The Bertz CT molecular complexity index is 596. The minimum Gasteiger partial charge on any atom is -0.366 e. The monoisotopic (exact) mass is 258 g/mol. The number of rotatable bonds is 4. The Morgan fingerprint density at radius 1 is 1.26 bits per heavy atom. The summed E-state index contributed by atoms with van der Waals surface area (Å²) < 4.78 is 0. The van der Waals surface area contributed by atoms with Crippen LogP contribution in [0.5, 0.6) is 0 Å². The lowest BCUT2D eigenvalue weighted by molar-refractivity contribution is -0.385. The van der Waals surface area contributed by atoms with E-state index >= 15 is 0 Å². The van der Waals surface area contributed by atoms with E-state index in [0.717, 1.165) is 11.3 Å². The molecule has 1 N–H and O–H groups in total. The molecule has 19 heavy (non-hydrogen) atoms.